The Bertz CT molecular complexity index is 2550. The highest BCUT2D eigenvalue weighted by Crippen LogP contribution is 2.43. The topological polar surface area (TPSA) is 339 Å². The Morgan fingerprint density at radius 2 is 1.33 bits per heavy atom. The largest absolute Gasteiger partial charge is 0.507 e. The summed E-state index contributed by atoms with van der Waals surface area (Å²) in [4.78, 5) is 63.1. The van der Waals surface area contributed by atoms with E-state index >= 15 is 0 Å². The molecule has 5 heterocycles. The summed E-state index contributed by atoms with van der Waals surface area (Å²) < 4.78 is 37.7. The number of methoxy groups -OCH3 is 2. The van der Waals surface area contributed by atoms with Crippen LogP contribution >= 0.6 is 0 Å². The highest BCUT2D eigenvalue weighted by atomic mass is 16.6. The molecule has 394 valence electrons. The molecule has 0 saturated carbocycles. The number of aliphatic carboxylic acids is 1. The molecule has 9 N–H and O–H groups in total. The molecule has 0 aliphatic carbocycles. The van der Waals surface area contributed by atoms with E-state index in [9.17, 15) is 49.5 Å². The van der Waals surface area contributed by atoms with Gasteiger partial charge in [-0.3, -0.25) is 23.9 Å². The van der Waals surface area contributed by atoms with Gasteiger partial charge in [0.15, 0.2) is 11.9 Å². The first-order valence-electron chi connectivity index (χ1n) is 23.1. The summed E-state index contributed by atoms with van der Waals surface area (Å²) >= 11 is 0. The van der Waals surface area contributed by atoms with Crippen LogP contribution in [0.1, 0.15) is 110 Å². The van der Waals surface area contributed by atoms with Crippen molar-refractivity contribution in [2.24, 2.45) is 5.73 Å². The zero-order valence-electron chi connectivity index (χ0n) is 41.1. The number of carbonyl (C=O) groups is 5. The number of morpholine rings is 1. The van der Waals surface area contributed by atoms with E-state index in [2.05, 4.69) is 9.88 Å². The second kappa shape index (κ2) is 25.6. The first kappa shape index (κ1) is 56.2. The Labute approximate surface area is 414 Å². The lowest BCUT2D eigenvalue weighted by Gasteiger charge is -2.26. The van der Waals surface area contributed by atoms with Gasteiger partial charge in [0.05, 0.1) is 34.0 Å². The van der Waals surface area contributed by atoms with Crippen molar-refractivity contribution >= 4 is 29.8 Å². The van der Waals surface area contributed by atoms with Crippen molar-refractivity contribution in [2.75, 3.05) is 60.3 Å². The number of carboxylic acid groups (broad SMARTS) is 1. The maximum absolute atomic E-state index is 12.0. The number of phenols is 2. The van der Waals surface area contributed by atoms with Gasteiger partial charge in [-0.05, 0) is 64.5 Å². The SMILES string of the molecule is COc1c(C)c2c(c(O)c1C/C=C(\C)CCC(=O)O)C(=O)OC2.COc1c(C)c2c(c(O)c1C/C=C(\C)CCC(=O)OCCN1CCOCC1)C(=O)OC2.NC(=O)c1ncn([C@@H]2O[C@H](CO)[C@@H](O)[C@H]2O)c1O. The number of aromatic hydroxyl groups is 3. The summed E-state index contributed by atoms with van der Waals surface area (Å²) in [5, 5.41) is 67.7. The van der Waals surface area contributed by atoms with E-state index in [1.54, 1.807) is 7.11 Å². The van der Waals surface area contributed by atoms with Gasteiger partial charge in [-0.2, -0.15) is 0 Å². The molecule has 0 radical (unpaired) electrons. The van der Waals surface area contributed by atoms with Gasteiger partial charge >= 0.3 is 23.9 Å². The third-order valence-electron chi connectivity index (χ3n) is 12.6. The number of aliphatic hydroxyl groups excluding tert-OH is 3. The van der Waals surface area contributed by atoms with Crippen LogP contribution in [0.3, 0.4) is 0 Å². The van der Waals surface area contributed by atoms with Gasteiger partial charge in [-0.25, -0.2) is 14.6 Å². The van der Waals surface area contributed by atoms with Crippen molar-refractivity contribution in [3.8, 4) is 28.9 Å². The van der Waals surface area contributed by atoms with Crippen LogP contribution in [0.4, 0.5) is 0 Å². The first-order valence-corrected chi connectivity index (χ1v) is 23.1. The predicted molar refractivity (Wildman–Crippen MR) is 252 cm³/mol. The number of ether oxygens (including phenoxy) is 7. The van der Waals surface area contributed by atoms with Crippen molar-refractivity contribution in [2.45, 2.75) is 104 Å². The Hall–Kier alpha value is -6.76. The fraction of sp³-hybridized carbons (Fsp3) is 0.510. The molecule has 0 spiro atoms. The average Bonchev–Trinajstić information content (AvgIpc) is 4.13. The number of carboxylic acids is 1. The summed E-state index contributed by atoms with van der Waals surface area (Å²) in [6.45, 7) is 11.5. The summed E-state index contributed by atoms with van der Waals surface area (Å²) in [6, 6.07) is 0. The fourth-order valence-electron chi connectivity index (χ4n) is 8.43. The van der Waals surface area contributed by atoms with Gasteiger partial charge in [0, 0.05) is 54.7 Å². The number of aliphatic hydroxyl groups is 3. The van der Waals surface area contributed by atoms with Crippen LogP contribution in [0, 0.1) is 13.8 Å². The van der Waals surface area contributed by atoms with Gasteiger partial charge in [0.1, 0.15) is 78.6 Å². The molecule has 4 atom stereocenters. The zero-order valence-corrected chi connectivity index (χ0v) is 41.1. The van der Waals surface area contributed by atoms with E-state index in [0.29, 0.717) is 72.5 Å². The minimum absolute atomic E-state index is 0.0565. The lowest BCUT2D eigenvalue weighted by Crippen LogP contribution is -2.38. The van der Waals surface area contributed by atoms with Crippen LogP contribution in [0.5, 0.6) is 28.9 Å². The molecule has 23 nitrogen and oxygen atoms in total. The lowest BCUT2D eigenvalue weighted by molar-refractivity contribution is -0.144. The van der Waals surface area contributed by atoms with Gasteiger partial charge in [0.25, 0.3) is 5.91 Å². The lowest BCUT2D eigenvalue weighted by atomic mass is 9.94. The Morgan fingerprint density at radius 3 is 1.78 bits per heavy atom. The summed E-state index contributed by atoms with van der Waals surface area (Å²) in [7, 11) is 3.05. The van der Waals surface area contributed by atoms with Crippen LogP contribution in [0.15, 0.2) is 29.6 Å². The normalized spacial score (nSPS) is 19.5. The summed E-state index contributed by atoms with van der Waals surface area (Å²) in [6.07, 6.45) is 2.09. The monoisotopic (exact) mass is 1010 g/mol. The number of esters is 3. The smallest absolute Gasteiger partial charge is 0.342 e. The Morgan fingerprint density at radius 1 is 0.819 bits per heavy atom. The molecule has 2 fully saturated rings. The summed E-state index contributed by atoms with van der Waals surface area (Å²) in [5.74, 6) is -2.75. The molecule has 7 rings (SSSR count). The minimum atomic E-state index is -1.37. The second-order valence-electron chi connectivity index (χ2n) is 17.3. The van der Waals surface area contributed by atoms with Gasteiger partial charge < -0.3 is 74.6 Å². The number of phenolic OH excluding ortho intramolecular Hbond substituents is 2. The number of amides is 1. The number of fused-ring (bicyclic) bond motifs is 2. The number of benzene rings is 2. The van der Waals surface area contributed by atoms with Crippen LogP contribution in [0.25, 0.3) is 0 Å². The number of aromatic nitrogens is 2. The van der Waals surface area contributed by atoms with E-state index in [-0.39, 0.29) is 53.9 Å². The number of nitrogens with two attached hydrogens (primary N) is 1. The quantitative estimate of drug-likeness (QED) is 0.0516. The maximum Gasteiger partial charge on any atom is 0.342 e. The van der Waals surface area contributed by atoms with E-state index in [1.807, 2.05) is 39.8 Å². The summed E-state index contributed by atoms with van der Waals surface area (Å²) in [5.41, 5.74) is 10.9. The molecule has 4 aliphatic rings. The Balaban J connectivity index is 0.000000209. The number of hydrogen-bond acceptors (Lipinski definition) is 20. The van der Waals surface area contributed by atoms with Crippen LogP contribution in [-0.4, -0.2) is 159 Å². The highest BCUT2D eigenvalue weighted by Gasteiger charge is 2.44. The molecule has 2 saturated heterocycles. The number of imidazole rings is 1. The maximum atomic E-state index is 12.0. The standard InChI is InChI=1S/C23H31NO7.C17H20O6.C9H13N3O6/c1-15(5-7-19(25)30-13-10-24-8-11-29-12-9-24)4-6-17-21(26)20-18(14-31-23(20)27)16(2)22(17)28-3;1-9(5-7-13(18)19)4-6-11-15(20)14-12(8-23-17(14)21)10(2)16(11)22-3;10-7(16)4-8(17)12(2-11-4)9-6(15)5(14)3(1-13)18-9/h4,26H,5-14H2,1-3H3;4,20H,5-8H2,1-3H3,(H,18,19);2-3,5-6,9,13-15,17H,1H2,(H2,10,16)/b15-4+;9-4+;/t;;3-,5-,6-,9-/m..1/s1. The molecule has 0 unspecified atom stereocenters. The van der Waals surface area contributed by atoms with Gasteiger partial charge in [-0.1, -0.05) is 23.3 Å². The third kappa shape index (κ3) is 13.2. The van der Waals surface area contributed by atoms with Crippen molar-refractivity contribution < 1.29 is 92.9 Å². The van der Waals surface area contributed by atoms with Crippen molar-refractivity contribution in [1.82, 2.24) is 14.5 Å². The van der Waals surface area contributed by atoms with Crippen LogP contribution < -0.4 is 15.2 Å². The predicted octanol–water partition coefficient (Wildman–Crippen LogP) is 2.56. The minimum Gasteiger partial charge on any atom is -0.507 e. The molecule has 2 aromatic carbocycles. The van der Waals surface area contributed by atoms with Crippen LogP contribution in [-0.2, 0) is 59.3 Å². The second-order valence-corrected chi connectivity index (χ2v) is 17.3. The highest BCUT2D eigenvalue weighted by molar-refractivity contribution is 5.99. The van der Waals surface area contributed by atoms with E-state index in [4.69, 9.17) is 49.1 Å². The zero-order chi connectivity index (χ0) is 53.0. The van der Waals surface area contributed by atoms with Crippen molar-refractivity contribution in [1.29, 1.82) is 0 Å². The average molecular weight is 1010 g/mol. The molecular weight excluding hydrogens is 949 g/mol. The number of allylic oxidation sites excluding steroid dienone is 4. The number of hydrogen-bond donors (Lipinski definition) is 8. The van der Waals surface area contributed by atoms with Crippen molar-refractivity contribution in [3.63, 3.8) is 0 Å². The number of cyclic esters (lactones) is 2. The van der Waals surface area contributed by atoms with E-state index in [0.717, 1.165) is 66.0 Å². The molecule has 0 bridgehead atoms. The number of nitrogens with zero attached hydrogens (tertiary/aromatic N) is 3. The number of rotatable bonds is 18. The van der Waals surface area contributed by atoms with Gasteiger partial charge in [-0.15, -0.1) is 0 Å². The molecule has 1 amide bonds. The molecule has 1 aromatic heterocycles. The first-order chi connectivity index (χ1) is 34.2. The number of primary amides is 1. The molecule has 23 heteroatoms. The molecule has 4 aliphatic heterocycles. The fourth-order valence-corrected chi connectivity index (χ4v) is 8.43. The van der Waals surface area contributed by atoms with Crippen molar-refractivity contribution in [3.05, 3.63) is 79.8 Å². The van der Waals surface area contributed by atoms with Gasteiger partial charge in [0.2, 0.25) is 5.88 Å². The Kier molecular flexibility index (Phi) is 19.9. The van der Waals surface area contributed by atoms with E-state index < -0.39 is 60.8 Å². The molecule has 72 heavy (non-hydrogen) atoms. The van der Waals surface area contributed by atoms with Crippen LogP contribution in [0.2, 0.25) is 0 Å². The third-order valence-corrected chi connectivity index (χ3v) is 12.6. The molecule has 3 aromatic rings. The number of carbonyl (C=O) groups excluding carboxylic acids is 4. The molecular formula is C49H64N4O19. The van der Waals surface area contributed by atoms with E-state index in [1.165, 1.54) is 7.11 Å².